The third kappa shape index (κ3) is 3.57. The summed E-state index contributed by atoms with van der Waals surface area (Å²) >= 11 is 0. The minimum Gasteiger partial charge on any atom is -0.497 e. The van der Waals surface area contributed by atoms with Crippen LogP contribution in [0.5, 0.6) is 17.2 Å². The van der Waals surface area contributed by atoms with Crippen LogP contribution in [0.15, 0.2) is 72.8 Å². The van der Waals surface area contributed by atoms with Crippen LogP contribution in [0.4, 0.5) is 0 Å². The maximum absolute atomic E-state index is 6.57. The molecule has 0 bridgehead atoms. The molecule has 0 N–H and O–H groups in total. The minimum atomic E-state index is -0.173. The van der Waals surface area contributed by atoms with Gasteiger partial charge in [-0.3, -0.25) is 0 Å². The zero-order valence-corrected chi connectivity index (χ0v) is 17.5. The molecule has 1 aliphatic heterocycles. The standard InChI is InChI=1S/C26H28O3/c1-5-28-20-13-11-18(12-14-20)24-22-17-21(27-4)15-16-23(22)29-25(26(24,2)3)19-9-7-6-8-10-19/h6-17,24-25H,5H2,1-4H3. The topological polar surface area (TPSA) is 27.7 Å². The molecule has 0 spiro atoms. The van der Waals surface area contributed by atoms with E-state index in [1.165, 1.54) is 11.1 Å². The van der Waals surface area contributed by atoms with Gasteiger partial charge in [-0.05, 0) is 48.4 Å². The van der Waals surface area contributed by atoms with Crippen LogP contribution in [0.1, 0.15) is 49.5 Å². The normalized spacial score (nSPS) is 19.7. The third-order valence-electron chi connectivity index (χ3n) is 5.82. The highest BCUT2D eigenvalue weighted by Crippen LogP contribution is 2.56. The molecule has 3 heteroatoms. The van der Waals surface area contributed by atoms with Crippen LogP contribution in [0, 0.1) is 5.41 Å². The highest BCUT2D eigenvalue weighted by atomic mass is 16.5. The van der Waals surface area contributed by atoms with Crippen molar-refractivity contribution in [3.8, 4) is 17.2 Å². The molecule has 2 atom stereocenters. The molecule has 3 aromatic carbocycles. The Kier molecular flexibility index (Phi) is 5.23. The summed E-state index contributed by atoms with van der Waals surface area (Å²) < 4.78 is 17.7. The van der Waals surface area contributed by atoms with Crippen molar-refractivity contribution in [3.05, 3.63) is 89.5 Å². The Bertz CT molecular complexity index is 961. The van der Waals surface area contributed by atoms with Gasteiger partial charge in [0.2, 0.25) is 0 Å². The first-order valence-corrected chi connectivity index (χ1v) is 10.2. The molecule has 0 radical (unpaired) electrons. The number of fused-ring (bicyclic) bond motifs is 1. The molecule has 0 aliphatic carbocycles. The van der Waals surface area contributed by atoms with Crippen LogP contribution in [0.2, 0.25) is 0 Å². The molecule has 1 aliphatic rings. The Morgan fingerprint density at radius 1 is 0.862 bits per heavy atom. The molecule has 0 saturated carbocycles. The predicted molar refractivity (Wildman–Crippen MR) is 116 cm³/mol. The quantitative estimate of drug-likeness (QED) is 0.507. The first kappa shape index (κ1) is 19.4. The summed E-state index contributed by atoms with van der Waals surface area (Å²) in [5.41, 5.74) is 3.42. The van der Waals surface area contributed by atoms with Crippen LogP contribution in [0.25, 0.3) is 0 Å². The maximum Gasteiger partial charge on any atom is 0.130 e. The van der Waals surface area contributed by atoms with Crippen molar-refractivity contribution in [1.29, 1.82) is 0 Å². The predicted octanol–water partition coefficient (Wildman–Crippen LogP) is 6.39. The molecule has 0 aromatic heterocycles. The van der Waals surface area contributed by atoms with Crippen LogP contribution in [-0.2, 0) is 0 Å². The van der Waals surface area contributed by atoms with Gasteiger partial charge in [-0.15, -0.1) is 0 Å². The van der Waals surface area contributed by atoms with E-state index in [2.05, 4.69) is 68.4 Å². The molecule has 0 fully saturated rings. The lowest BCUT2D eigenvalue weighted by Gasteiger charge is -2.46. The summed E-state index contributed by atoms with van der Waals surface area (Å²) in [6.45, 7) is 7.24. The first-order valence-electron chi connectivity index (χ1n) is 10.2. The molecular weight excluding hydrogens is 360 g/mol. The Balaban J connectivity index is 1.85. The lowest BCUT2D eigenvalue weighted by molar-refractivity contribution is 0.0374. The molecule has 2 unspecified atom stereocenters. The Morgan fingerprint density at radius 3 is 2.21 bits per heavy atom. The van der Waals surface area contributed by atoms with Gasteiger partial charge in [-0.1, -0.05) is 56.3 Å². The molecule has 3 aromatic rings. The van der Waals surface area contributed by atoms with Gasteiger partial charge >= 0.3 is 0 Å². The zero-order chi connectivity index (χ0) is 20.4. The number of methoxy groups -OCH3 is 1. The molecule has 3 nitrogen and oxygen atoms in total. The Morgan fingerprint density at radius 2 is 1.55 bits per heavy atom. The van der Waals surface area contributed by atoms with Crippen molar-refractivity contribution >= 4 is 0 Å². The van der Waals surface area contributed by atoms with Crippen molar-refractivity contribution in [2.75, 3.05) is 13.7 Å². The largest absolute Gasteiger partial charge is 0.497 e. The van der Waals surface area contributed by atoms with E-state index in [9.17, 15) is 0 Å². The van der Waals surface area contributed by atoms with Crippen LogP contribution >= 0.6 is 0 Å². The molecule has 0 amide bonds. The SMILES string of the molecule is CCOc1ccc(C2c3cc(OC)ccc3OC(c3ccccc3)C2(C)C)cc1. The van der Waals surface area contributed by atoms with Crippen LogP contribution < -0.4 is 14.2 Å². The molecule has 1 heterocycles. The number of rotatable bonds is 5. The summed E-state index contributed by atoms with van der Waals surface area (Å²) in [5.74, 6) is 2.81. The summed E-state index contributed by atoms with van der Waals surface area (Å²) in [5, 5.41) is 0. The van der Waals surface area contributed by atoms with E-state index >= 15 is 0 Å². The van der Waals surface area contributed by atoms with Crippen molar-refractivity contribution in [1.82, 2.24) is 0 Å². The average molecular weight is 389 g/mol. The van der Waals surface area contributed by atoms with Crippen molar-refractivity contribution in [3.63, 3.8) is 0 Å². The molecule has 29 heavy (non-hydrogen) atoms. The van der Waals surface area contributed by atoms with Crippen LogP contribution in [0.3, 0.4) is 0 Å². The Hall–Kier alpha value is -2.94. The van der Waals surface area contributed by atoms with Crippen molar-refractivity contribution < 1.29 is 14.2 Å². The highest BCUT2D eigenvalue weighted by Gasteiger charge is 2.46. The van der Waals surface area contributed by atoms with E-state index in [0.717, 1.165) is 22.8 Å². The summed E-state index contributed by atoms with van der Waals surface area (Å²) in [6.07, 6.45) is -0.0545. The lowest BCUT2D eigenvalue weighted by Crippen LogP contribution is -2.37. The van der Waals surface area contributed by atoms with E-state index in [1.807, 2.05) is 25.1 Å². The molecule has 4 rings (SSSR count). The first-order chi connectivity index (χ1) is 14.0. The molecular formula is C26H28O3. The number of hydrogen-bond acceptors (Lipinski definition) is 3. The fourth-order valence-corrected chi connectivity index (χ4v) is 4.48. The second-order valence-electron chi connectivity index (χ2n) is 8.07. The van der Waals surface area contributed by atoms with Gasteiger partial charge in [0, 0.05) is 16.9 Å². The minimum absolute atomic E-state index is 0.0545. The second kappa shape index (κ2) is 7.82. The summed E-state index contributed by atoms with van der Waals surface area (Å²) in [6, 6.07) is 25.1. The zero-order valence-electron chi connectivity index (χ0n) is 17.5. The van der Waals surface area contributed by atoms with Crippen molar-refractivity contribution in [2.45, 2.75) is 32.8 Å². The fourth-order valence-electron chi connectivity index (χ4n) is 4.48. The van der Waals surface area contributed by atoms with Gasteiger partial charge in [-0.25, -0.2) is 0 Å². The molecule has 150 valence electrons. The van der Waals surface area contributed by atoms with Gasteiger partial charge in [0.25, 0.3) is 0 Å². The summed E-state index contributed by atoms with van der Waals surface area (Å²) in [7, 11) is 1.70. The van der Waals surface area contributed by atoms with Crippen molar-refractivity contribution in [2.24, 2.45) is 5.41 Å². The van der Waals surface area contributed by atoms with E-state index in [-0.39, 0.29) is 17.4 Å². The van der Waals surface area contributed by atoms with E-state index < -0.39 is 0 Å². The average Bonchev–Trinajstić information content (AvgIpc) is 2.74. The third-order valence-corrected chi connectivity index (χ3v) is 5.82. The monoisotopic (exact) mass is 388 g/mol. The van der Waals surface area contributed by atoms with E-state index in [1.54, 1.807) is 7.11 Å². The molecule has 0 saturated heterocycles. The van der Waals surface area contributed by atoms with Gasteiger partial charge in [-0.2, -0.15) is 0 Å². The maximum atomic E-state index is 6.57. The second-order valence-corrected chi connectivity index (χ2v) is 8.07. The van der Waals surface area contributed by atoms with Gasteiger partial charge < -0.3 is 14.2 Å². The number of hydrogen-bond donors (Lipinski definition) is 0. The van der Waals surface area contributed by atoms with E-state index in [4.69, 9.17) is 14.2 Å². The van der Waals surface area contributed by atoms with Gasteiger partial charge in [0.05, 0.1) is 13.7 Å². The van der Waals surface area contributed by atoms with Gasteiger partial charge in [0.15, 0.2) is 0 Å². The van der Waals surface area contributed by atoms with E-state index in [0.29, 0.717) is 6.61 Å². The fraction of sp³-hybridized carbons (Fsp3) is 0.308. The number of benzene rings is 3. The lowest BCUT2D eigenvalue weighted by atomic mass is 9.65. The number of ether oxygens (including phenoxy) is 3. The highest BCUT2D eigenvalue weighted by molar-refractivity contribution is 5.51. The summed E-state index contributed by atoms with van der Waals surface area (Å²) in [4.78, 5) is 0. The Labute approximate surface area is 173 Å². The smallest absolute Gasteiger partial charge is 0.130 e. The van der Waals surface area contributed by atoms with Crippen LogP contribution in [-0.4, -0.2) is 13.7 Å². The van der Waals surface area contributed by atoms with Gasteiger partial charge in [0.1, 0.15) is 23.4 Å².